The summed E-state index contributed by atoms with van der Waals surface area (Å²) in [5, 5.41) is 2.92. The van der Waals surface area contributed by atoms with Crippen LogP contribution in [0.3, 0.4) is 0 Å². The molecule has 0 aliphatic carbocycles. The number of nitrogens with one attached hydrogen (secondary N) is 1. The fraction of sp³-hybridized carbons (Fsp3) is 0.417. The molecule has 0 spiro atoms. The molecule has 2 saturated heterocycles. The lowest BCUT2D eigenvalue weighted by Gasteiger charge is -2.32. The van der Waals surface area contributed by atoms with Gasteiger partial charge >= 0.3 is 6.03 Å². The normalized spacial score (nSPS) is 22.5. The Balaban J connectivity index is 1.33. The first-order valence-electron chi connectivity index (χ1n) is 11.5. The molecular formula is C24H26ClN5O3S. The van der Waals surface area contributed by atoms with E-state index in [1.807, 2.05) is 12.1 Å². The quantitative estimate of drug-likeness (QED) is 0.630. The number of fused-ring (bicyclic) bond motifs is 1. The number of hydrogen-bond acceptors (Lipinski definition) is 6. The maximum Gasteiger partial charge on any atom is 0.332 e. The van der Waals surface area contributed by atoms with Crippen LogP contribution < -0.4 is 15.1 Å². The van der Waals surface area contributed by atoms with Crippen molar-refractivity contribution in [2.45, 2.75) is 38.8 Å². The summed E-state index contributed by atoms with van der Waals surface area (Å²) in [5.74, 6) is 0.771. The fourth-order valence-corrected chi connectivity index (χ4v) is 5.84. The van der Waals surface area contributed by atoms with Crippen molar-refractivity contribution < 1.29 is 14.4 Å². The van der Waals surface area contributed by atoms with Gasteiger partial charge in [0.1, 0.15) is 11.9 Å². The van der Waals surface area contributed by atoms with Crippen molar-refractivity contribution in [3.8, 4) is 0 Å². The summed E-state index contributed by atoms with van der Waals surface area (Å²) in [6.07, 6.45) is 1.52. The molecule has 0 radical (unpaired) electrons. The number of aliphatic imine (C=N–C) groups is 1. The topological polar surface area (TPSA) is 85.3 Å². The molecule has 3 aliphatic heterocycles. The highest BCUT2D eigenvalue weighted by atomic mass is 35.5. The zero-order chi connectivity index (χ0) is 24.0. The van der Waals surface area contributed by atoms with Crippen LogP contribution in [-0.4, -0.2) is 60.3 Å². The number of carbonyl (C=O) groups is 3. The number of imide groups is 1. The average Bonchev–Trinajstić information content (AvgIpc) is 3.51. The predicted molar refractivity (Wildman–Crippen MR) is 134 cm³/mol. The van der Waals surface area contributed by atoms with Gasteiger partial charge in [0, 0.05) is 31.2 Å². The molecule has 34 heavy (non-hydrogen) atoms. The van der Waals surface area contributed by atoms with E-state index in [1.165, 1.54) is 16.2 Å². The Bertz CT molecular complexity index is 1160. The SMILES string of the molecule is CC(C)C1=NCCCN1c1ccc(N2C(=O)[C@@H]3[C@H](NC(=O)c4ccc(Cl)s4)CCN3C2=O)cc1. The molecule has 10 heteroatoms. The third kappa shape index (κ3) is 3.96. The second kappa shape index (κ2) is 9.03. The van der Waals surface area contributed by atoms with Crippen LogP contribution in [0.25, 0.3) is 0 Å². The number of amides is 4. The van der Waals surface area contributed by atoms with Crippen molar-refractivity contribution in [1.82, 2.24) is 10.2 Å². The molecular weight excluding hydrogens is 474 g/mol. The molecule has 2 aromatic rings. The van der Waals surface area contributed by atoms with Crippen molar-refractivity contribution >= 4 is 58.0 Å². The highest BCUT2D eigenvalue weighted by Crippen LogP contribution is 2.33. The molecule has 178 valence electrons. The zero-order valence-corrected chi connectivity index (χ0v) is 20.6. The summed E-state index contributed by atoms with van der Waals surface area (Å²) in [6.45, 7) is 6.41. The summed E-state index contributed by atoms with van der Waals surface area (Å²) in [6, 6.07) is 9.31. The van der Waals surface area contributed by atoms with E-state index >= 15 is 0 Å². The molecule has 1 aromatic carbocycles. The third-order valence-corrected chi connectivity index (χ3v) is 7.68. The van der Waals surface area contributed by atoms with Crippen LogP contribution in [0.4, 0.5) is 16.2 Å². The van der Waals surface area contributed by atoms with Gasteiger partial charge in [0.15, 0.2) is 0 Å². The number of benzene rings is 1. The standard InChI is InChI=1S/C24H26ClN5O3S/c1-14(2)21-26-11-3-12-28(21)15-4-6-16(7-5-15)30-23(32)20-17(10-13-29(20)24(30)33)27-22(31)18-8-9-19(25)34-18/h4-9,14,17,20H,3,10-13H2,1-2H3,(H,27,31)/t17-,20+/m1/s1. The lowest BCUT2D eigenvalue weighted by Crippen LogP contribution is -2.46. The van der Waals surface area contributed by atoms with Gasteiger partial charge < -0.3 is 15.1 Å². The molecule has 1 N–H and O–H groups in total. The van der Waals surface area contributed by atoms with E-state index in [0.717, 1.165) is 31.0 Å². The third-order valence-electron chi connectivity index (χ3n) is 6.45. The molecule has 2 atom stereocenters. The summed E-state index contributed by atoms with van der Waals surface area (Å²) in [4.78, 5) is 49.2. The second-order valence-electron chi connectivity index (χ2n) is 8.98. The van der Waals surface area contributed by atoms with Crippen molar-refractivity contribution in [2.75, 3.05) is 29.4 Å². The largest absolute Gasteiger partial charge is 0.346 e. The van der Waals surface area contributed by atoms with E-state index in [-0.39, 0.29) is 17.8 Å². The van der Waals surface area contributed by atoms with Crippen molar-refractivity contribution in [2.24, 2.45) is 10.9 Å². The lowest BCUT2D eigenvalue weighted by atomic mass is 10.1. The first-order chi connectivity index (χ1) is 16.3. The summed E-state index contributed by atoms with van der Waals surface area (Å²) in [5.41, 5.74) is 1.53. The Labute approximate surface area is 207 Å². The number of anilines is 2. The van der Waals surface area contributed by atoms with Crippen LogP contribution in [0.15, 0.2) is 41.4 Å². The van der Waals surface area contributed by atoms with Gasteiger partial charge in [-0.25, -0.2) is 9.69 Å². The van der Waals surface area contributed by atoms with Crippen LogP contribution in [0.1, 0.15) is 36.4 Å². The number of thiophene rings is 1. The fourth-order valence-electron chi connectivity index (χ4n) is 4.89. The first kappa shape index (κ1) is 22.9. The van der Waals surface area contributed by atoms with Crippen LogP contribution in [0.5, 0.6) is 0 Å². The van der Waals surface area contributed by atoms with Gasteiger partial charge in [-0.1, -0.05) is 25.4 Å². The number of nitrogens with zero attached hydrogens (tertiary/aromatic N) is 4. The van der Waals surface area contributed by atoms with E-state index in [9.17, 15) is 14.4 Å². The van der Waals surface area contributed by atoms with E-state index in [2.05, 4.69) is 29.1 Å². The molecule has 3 aliphatic rings. The maximum absolute atomic E-state index is 13.3. The molecule has 0 saturated carbocycles. The minimum atomic E-state index is -0.701. The van der Waals surface area contributed by atoms with Crippen LogP contribution >= 0.6 is 22.9 Å². The summed E-state index contributed by atoms with van der Waals surface area (Å²) in [7, 11) is 0. The van der Waals surface area contributed by atoms with Crippen LogP contribution in [-0.2, 0) is 4.79 Å². The Morgan fingerprint density at radius 1 is 1.12 bits per heavy atom. The Morgan fingerprint density at radius 3 is 2.53 bits per heavy atom. The highest BCUT2D eigenvalue weighted by Gasteiger charge is 2.53. The van der Waals surface area contributed by atoms with Crippen LogP contribution in [0, 0.1) is 5.92 Å². The van der Waals surface area contributed by atoms with Crippen molar-refractivity contribution in [1.29, 1.82) is 0 Å². The predicted octanol–water partition coefficient (Wildman–Crippen LogP) is 4.01. The molecule has 4 amide bonds. The van der Waals surface area contributed by atoms with E-state index in [1.54, 1.807) is 29.2 Å². The zero-order valence-electron chi connectivity index (χ0n) is 19.0. The van der Waals surface area contributed by atoms with Gasteiger partial charge in [-0.05, 0) is 49.2 Å². The molecule has 4 heterocycles. The Kier molecular flexibility index (Phi) is 6.07. The summed E-state index contributed by atoms with van der Waals surface area (Å²) >= 11 is 7.12. The van der Waals surface area contributed by atoms with Gasteiger partial charge in [0.25, 0.3) is 11.8 Å². The number of halogens is 1. The second-order valence-corrected chi connectivity index (χ2v) is 10.7. The molecule has 1 aromatic heterocycles. The van der Waals surface area contributed by atoms with Crippen molar-refractivity contribution in [3.05, 3.63) is 45.6 Å². The minimum Gasteiger partial charge on any atom is -0.346 e. The van der Waals surface area contributed by atoms with Gasteiger partial charge in [-0.2, -0.15) is 0 Å². The molecule has 5 rings (SSSR count). The number of carbonyl (C=O) groups excluding carboxylic acids is 3. The van der Waals surface area contributed by atoms with Gasteiger partial charge in [0.05, 0.1) is 20.9 Å². The number of hydrogen-bond donors (Lipinski definition) is 1. The molecule has 8 nitrogen and oxygen atoms in total. The van der Waals surface area contributed by atoms with Gasteiger partial charge in [-0.15, -0.1) is 11.3 Å². The monoisotopic (exact) mass is 499 g/mol. The smallest absolute Gasteiger partial charge is 0.332 e. The Hall–Kier alpha value is -2.91. The minimum absolute atomic E-state index is 0.282. The van der Waals surface area contributed by atoms with Crippen LogP contribution in [0.2, 0.25) is 4.34 Å². The molecule has 0 bridgehead atoms. The number of urea groups is 1. The maximum atomic E-state index is 13.3. The summed E-state index contributed by atoms with van der Waals surface area (Å²) < 4.78 is 0.524. The van der Waals surface area contributed by atoms with Crippen molar-refractivity contribution in [3.63, 3.8) is 0 Å². The van der Waals surface area contributed by atoms with E-state index in [0.29, 0.717) is 33.8 Å². The number of rotatable bonds is 5. The number of amidine groups is 1. The van der Waals surface area contributed by atoms with E-state index < -0.39 is 12.1 Å². The molecule has 2 fully saturated rings. The average molecular weight is 500 g/mol. The van der Waals surface area contributed by atoms with E-state index in [4.69, 9.17) is 11.6 Å². The van der Waals surface area contributed by atoms with Gasteiger partial charge in [0.2, 0.25) is 0 Å². The lowest BCUT2D eigenvalue weighted by molar-refractivity contribution is -0.119. The van der Waals surface area contributed by atoms with Gasteiger partial charge in [-0.3, -0.25) is 14.6 Å². The molecule has 0 unspecified atom stereocenters. The first-order valence-corrected chi connectivity index (χ1v) is 12.7. The Morgan fingerprint density at radius 2 is 1.85 bits per heavy atom. The highest BCUT2D eigenvalue weighted by molar-refractivity contribution is 7.18.